The summed E-state index contributed by atoms with van der Waals surface area (Å²) in [7, 11) is -0.0985. The van der Waals surface area contributed by atoms with E-state index in [1.165, 1.54) is 18.4 Å². The maximum atomic E-state index is 12.7. The number of nitrogens with two attached hydrogens (primary N) is 1. The molecular weight excluding hydrogens is 404 g/mol. The van der Waals surface area contributed by atoms with E-state index >= 15 is 0 Å². The highest BCUT2D eigenvalue weighted by atomic mass is 35.5. The minimum atomic E-state index is -4.07. The van der Waals surface area contributed by atoms with E-state index < -0.39 is 15.9 Å². The van der Waals surface area contributed by atoms with Crippen LogP contribution < -0.4 is 15.8 Å². The highest BCUT2D eigenvalue weighted by Crippen LogP contribution is 2.28. The number of hydrogen-bond acceptors (Lipinski definition) is 6. The number of benzene rings is 1. The van der Waals surface area contributed by atoms with Gasteiger partial charge in [-0.05, 0) is 57.7 Å². The quantitative estimate of drug-likeness (QED) is 0.499. The van der Waals surface area contributed by atoms with Gasteiger partial charge in [-0.2, -0.15) is 0 Å². The van der Waals surface area contributed by atoms with Gasteiger partial charge in [0.15, 0.2) is 0 Å². The average Bonchev–Trinajstić information content (AvgIpc) is 3.11. The zero-order valence-electron chi connectivity index (χ0n) is 15.9. The van der Waals surface area contributed by atoms with E-state index in [1.807, 2.05) is 14.1 Å². The Bertz CT molecular complexity index is 899. The summed E-state index contributed by atoms with van der Waals surface area (Å²) in [5.41, 5.74) is 0.534. The van der Waals surface area contributed by atoms with Gasteiger partial charge in [0.05, 0.1) is 23.4 Å². The van der Waals surface area contributed by atoms with Crippen molar-refractivity contribution in [2.75, 3.05) is 32.5 Å². The number of unbranched alkanes of at least 4 members (excludes halogenated alkanes) is 1. The third-order valence-electron chi connectivity index (χ3n) is 3.97. The van der Waals surface area contributed by atoms with E-state index in [9.17, 15) is 13.2 Å². The Morgan fingerprint density at radius 3 is 2.64 bits per heavy atom. The maximum absolute atomic E-state index is 12.7. The molecule has 1 amide bonds. The van der Waals surface area contributed by atoms with Gasteiger partial charge < -0.3 is 20.0 Å². The first-order chi connectivity index (χ1) is 13.2. The molecular formula is C18H25ClN4O4S. The van der Waals surface area contributed by atoms with Crippen molar-refractivity contribution in [2.24, 2.45) is 5.14 Å². The van der Waals surface area contributed by atoms with Crippen molar-refractivity contribution in [3.05, 3.63) is 46.9 Å². The topological polar surface area (TPSA) is 118 Å². The Morgan fingerprint density at radius 2 is 2.04 bits per heavy atom. The van der Waals surface area contributed by atoms with Crippen LogP contribution in [0.1, 0.15) is 29.0 Å². The fourth-order valence-electron chi connectivity index (χ4n) is 2.55. The molecule has 1 heterocycles. The van der Waals surface area contributed by atoms with Crippen LogP contribution in [0.5, 0.6) is 0 Å². The molecule has 0 fully saturated rings. The summed E-state index contributed by atoms with van der Waals surface area (Å²) in [6.07, 6.45) is 3.27. The van der Waals surface area contributed by atoms with E-state index in [1.54, 1.807) is 12.1 Å². The highest BCUT2D eigenvalue weighted by Gasteiger charge is 2.20. The number of hydrogen-bond donors (Lipinski definition) is 3. The normalized spacial score (nSPS) is 11.6. The highest BCUT2D eigenvalue weighted by molar-refractivity contribution is 7.89. The van der Waals surface area contributed by atoms with Gasteiger partial charge >= 0.3 is 0 Å². The van der Waals surface area contributed by atoms with Crippen molar-refractivity contribution in [3.8, 4) is 0 Å². The van der Waals surface area contributed by atoms with Gasteiger partial charge in [-0.15, -0.1) is 0 Å². The van der Waals surface area contributed by atoms with Gasteiger partial charge in [-0.1, -0.05) is 11.6 Å². The molecule has 0 radical (unpaired) electrons. The predicted octanol–water partition coefficient (Wildman–Crippen LogP) is 2.26. The number of halogens is 1. The predicted molar refractivity (Wildman–Crippen MR) is 109 cm³/mol. The van der Waals surface area contributed by atoms with E-state index in [4.69, 9.17) is 21.2 Å². The summed E-state index contributed by atoms with van der Waals surface area (Å²) in [6, 6.07) is 6.09. The third-order valence-corrected chi connectivity index (χ3v) is 5.35. The van der Waals surface area contributed by atoms with E-state index in [-0.39, 0.29) is 15.5 Å². The van der Waals surface area contributed by atoms with Gasteiger partial charge in [0.1, 0.15) is 10.7 Å². The molecule has 0 saturated heterocycles. The van der Waals surface area contributed by atoms with Gasteiger partial charge in [0.2, 0.25) is 10.0 Å². The van der Waals surface area contributed by atoms with E-state index in [0.717, 1.165) is 19.4 Å². The summed E-state index contributed by atoms with van der Waals surface area (Å²) in [5.74, 6) is 0.245. The van der Waals surface area contributed by atoms with Crippen molar-refractivity contribution in [3.63, 3.8) is 0 Å². The van der Waals surface area contributed by atoms with Gasteiger partial charge in [-0.3, -0.25) is 4.79 Å². The molecule has 0 aliphatic carbocycles. The number of sulfonamides is 1. The van der Waals surface area contributed by atoms with Crippen molar-refractivity contribution in [1.29, 1.82) is 0 Å². The van der Waals surface area contributed by atoms with Crippen LogP contribution in [0.4, 0.5) is 5.69 Å². The Hall–Kier alpha value is -2.07. The molecule has 0 aliphatic rings. The van der Waals surface area contributed by atoms with Gasteiger partial charge in [-0.25, -0.2) is 13.6 Å². The molecule has 0 spiro atoms. The summed E-state index contributed by atoms with van der Waals surface area (Å²) in [5, 5.41) is 11.0. The van der Waals surface area contributed by atoms with Gasteiger partial charge in [0, 0.05) is 12.2 Å². The number of carbonyl (C=O) groups excluding carboxylic acids is 1. The number of furan rings is 1. The lowest BCUT2D eigenvalue weighted by molar-refractivity contribution is 0.0953. The molecule has 4 N–H and O–H groups in total. The van der Waals surface area contributed by atoms with E-state index in [2.05, 4.69) is 15.5 Å². The zero-order valence-corrected chi connectivity index (χ0v) is 17.4. The van der Waals surface area contributed by atoms with Crippen molar-refractivity contribution < 1.29 is 17.6 Å². The Balaban J connectivity index is 2.18. The fraction of sp³-hybridized carbons (Fsp3) is 0.389. The van der Waals surface area contributed by atoms with Crippen LogP contribution in [0, 0.1) is 0 Å². The molecule has 10 heteroatoms. The van der Waals surface area contributed by atoms with Crippen molar-refractivity contribution in [1.82, 2.24) is 10.2 Å². The smallest absolute Gasteiger partial charge is 0.253 e. The molecule has 0 bridgehead atoms. The second kappa shape index (κ2) is 9.92. The van der Waals surface area contributed by atoms with Crippen LogP contribution >= 0.6 is 11.6 Å². The summed E-state index contributed by atoms with van der Waals surface area (Å²) < 4.78 is 28.8. The molecule has 0 aliphatic heterocycles. The standard InChI is InChI=1S/C18H25ClN4O4S/c1-23(2)8-4-3-7-21-18(24)14-10-17(28(20,25)26)15(19)11-16(14)22-12-13-6-5-9-27-13/h5-6,9-11,22H,3-4,7-8,12H2,1-2H3,(H,21,24)(H2,20,25,26). The molecule has 0 atom stereocenters. The molecule has 0 unspecified atom stereocenters. The Morgan fingerprint density at radius 1 is 1.29 bits per heavy atom. The lowest BCUT2D eigenvalue weighted by Crippen LogP contribution is -2.27. The molecule has 2 aromatic rings. The van der Waals surface area contributed by atoms with Gasteiger partial charge in [0.25, 0.3) is 5.91 Å². The first kappa shape index (κ1) is 22.2. The third kappa shape index (κ3) is 6.52. The maximum Gasteiger partial charge on any atom is 0.253 e. The van der Waals surface area contributed by atoms with Crippen molar-refractivity contribution >= 4 is 33.2 Å². The summed E-state index contributed by atoms with van der Waals surface area (Å²) >= 11 is 6.07. The zero-order chi connectivity index (χ0) is 20.7. The second-order valence-electron chi connectivity index (χ2n) is 6.57. The van der Waals surface area contributed by atoms with Crippen LogP contribution in [-0.4, -0.2) is 46.4 Å². The first-order valence-corrected chi connectivity index (χ1v) is 10.7. The molecule has 154 valence electrons. The Labute approximate surface area is 170 Å². The number of nitrogens with one attached hydrogen (secondary N) is 2. The number of amides is 1. The SMILES string of the molecule is CN(C)CCCCNC(=O)c1cc(S(N)(=O)=O)c(Cl)cc1NCc1ccco1. The van der Waals surface area contributed by atoms with Crippen LogP contribution in [0.2, 0.25) is 5.02 Å². The number of rotatable bonds is 10. The second-order valence-corrected chi connectivity index (χ2v) is 8.51. The summed E-state index contributed by atoms with van der Waals surface area (Å²) in [4.78, 5) is 14.4. The molecule has 28 heavy (non-hydrogen) atoms. The molecule has 1 aromatic heterocycles. The molecule has 0 saturated carbocycles. The van der Waals surface area contributed by atoms with Crippen LogP contribution in [0.3, 0.4) is 0 Å². The molecule has 2 rings (SSSR count). The molecule has 8 nitrogen and oxygen atoms in total. The lowest BCUT2D eigenvalue weighted by atomic mass is 10.1. The monoisotopic (exact) mass is 428 g/mol. The first-order valence-electron chi connectivity index (χ1n) is 8.74. The minimum Gasteiger partial charge on any atom is -0.467 e. The fourth-order valence-corrected chi connectivity index (χ4v) is 3.65. The van der Waals surface area contributed by atoms with Crippen LogP contribution in [0.15, 0.2) is 39.8 Å². The molecule has 1 aromatic carbocycles. The van der Waals surface area contributed by atoms with Crippen LogP contribution in [-0.2, 0) is 16.6 Å². The summed E-state index contributed by atoms with van der Waals surface area (Å²) in [6.45, 7) is 1.70. The minimum absolute atomic E-state index is 0.0630. The van der Waals surface area contributed by atoms with Crippen LogP contribution in [0.25, 0.3) is 0 Å². The lowest BCUT2D eigenvalue weighted by Gasteiger charge is -2.15. The number of primary sulfonamides is 1. The Kier molecular flexibility index (Phi) is 7.88. The van der Waals surface area contributed by atoms with Crippen molar-refractivity contribution in [2.45, 2.75) is 24.3 Å². The van der Waals surface area contributed by atoms with E-state index in [0.29, 0.717) is 24.5 Å². The number of anilines is 1. The number of nitrogens with zero attached hydrogens (tertiary/aromatic N) is 1. The largest absolute Gasteiger partial charge is 0.467 e. The number of carbonyl (C=O) groups is 1. The average molecular weight is 429 g/mol.